The first kappa shape index (κ1) is 13.2. The highest BCUT2D eigenvalue weighted by Crippen LogP contribution is 2.12. The summed E-state index contributed by atoms with van der Waals surface area (Å²) >= 11 is 0. The van der Waals surface area contributed by atoms with Crippen molar-refractivity contribution in [3.8, 4) is 0 Å². The summed E-state index contributed by atoms with van der Waals surface area (Å²) in [6.45, 7) is 3.86. The average Bonchev–Trinajstić information content (AvgIpc) is 2.74. The summed E-state index contributed by atoms with van der Waals surface area (Å²) in [4.78, 5) is 11.7. The van der Waals surface area contributed by atoms with Crippen molar-refractivity contribution in [1.29, 1.82) is 0 Å². The lowest BCUT2D eigenvalue weighted by molar-refractivity contribution is 0.0506. The summed E-state index contributed by atoms with van der Waals surface area (Å²) in [5, 5.41) is 7.61. The smallest absolute Gasteiger partial charge is 0.376 e. The quantitative estimate of drug-likeness (QED) is 0.791. The summed E-state index contributed by atoms with van der Waals surface area (Å²) in [6, 6.07) is 6.38. The number of halogens is 1. The van der Waals surface area contributed by atoms with Crippen molar-refractivity contribution in [1.82, 2.24) is 14.8 Å². The molecule has 0 spiro atoms. The van der Waals surface area contributed by atoms with Gasteiger partial charge in [-0.15, -0.1) is 10.2 Å². The molecule has 0 N–H and O–H groups in total. The van der Waals surface area contributed by atoms with Gasteiger partial charge in [-0.3, -0.25) is 0 Å². The number of ether oxygens (including phenoxy) is 1. The second-order valence-corrected chi connectivity index (χ2v) is 3.97. The summed E-state index contributed by atoms with van der Waals surface area (Å²) in [6.07, 6.45) is 0. The zero-order valence-electron chi connectivity index (χ0n) is 10.8. The van der Waals surface area contributed by atoms with Crippen molar-refractivity contribution < 1.29 is 13.9 Å². The Kier molecular flexibility index (Phi) is 3.89. The van der Waals surface area contributed by atoms with Gasteiger partial charge in [0.15, 0.2) is 0 Å². The fourth-order valence-corrected chi connectivity index (χ4v) is 1.71. The van der Waals surface area contributed by atoms with Gasteiger partial charge in [-0.2, -0.15) is 0 Å². The van der Waals surface area contributed by atoms with Crippen LogP contribution in [0, 0.1) is 12.7 Å². The second kappa shape index (κ2) is 5.60. The lowest BCUT2D eigenvalue weighted by Gasteiger charge is -2.08. The number of nitrogens with zero attached hydrogens (tertiary/aromatic N) is 3. The molecule has 0 aliphatic carbocycles. The molecule has 0 saturated heterocycles. The molecule has 2 rings (SSSR count). The van der Waals surface area contributed by atoms with E-state index in [0.717, 1.165) is 0 Å². The highest BCUT2D eigenvalue weighted by Gasteiger charge is 2.18. The first-order valence-electron chi connectivity index (χ1n) is 5.93. The van der Waals surface area contributed by atoms with E-state index in [1.165, 1.54) is 10.6 Å². The van der Waals surface area contributed by atoms with E-state index in [0.29, 0.717) is 11.4 Å². The van der Waals surface area contributed by atoms with Gasteiger partial charge in [0.05, 0.1) is 13.2 Å². The molecule has 100 valence electrons. The van der Waals surface area contributed by atoms with Gasteiger partial charge < -0.3 is 9.30 Å². The van der Waals surface area contributed by atoms with Crippen LogP contribution in [0.1, 0.15) is 28.9 Å². The lowest BCUT2D eigenvalue weighted by Crippen LogP contribution is -2.15. The van der Waals surface area contributed by atoms with Crippen LogP contribution in [0.15, 0.2) is 24.3 Å². The molecule has 0 saturated carbocycles. The van der Waals surface area contributed by atoms with E-state index in [4.69, 9.17) is 4.74 Å². The van der Waals surface area contributed by atoms with Crippen LogP contribution >= 0.6 is 0 Å². The number of aryl methyl sites for hydroxylation is 1. The number of rotatable bonds is 4. The molecule has 1 aromatic heterocycles. The Labute approximate surface area is 110 Å². The maximum atomic E-state index is 13.6. The Morgan fingerprint density at radius 1 is 1.37 bits per heavy atom. The maximum absolute atomic E-state index is 13.6. The predicted molar refractivity (Wildman–Crippen MR) is 66.2 cm³/mol. The number of hydrogen-bond acceptors (Lipinski definition) is 4. The molecule has 2 aromatic rings. The van der Waals surface area contributed by atoms with Gasteiger partial charge in [0, 0.05) is 5.56 Å². The van der Waals surface area contributed by atoms with Crippen molar-refractivity contribution in [2.75, 3.05) is 6.61 Å². The molecule has 0 aliphatic heterocycles. The van der Waals surface area contributed by atoms with Crippen molar-refractivity contribution in [3.63, 3.8) is 0 Å². The molecular formula is C13H14FN3O2. The zero-order chi connectivity index (χ0) is 13.8. The summed E-state index contributed by atoms with van der Waals surface area (Å²) in [7, 11) is 0. The molecular weight excluding hydrogens is 249 g/mol. The predicted octanol–water partition coefficient (Wildman–Crippen LogP) is 1.95. The van der Waals surface area contributed by atoms with E-state index in [-0.39, 0.29) is 24.8 Å². The molecule has 1 aromatic carbocycles. The fraction of sp³-hybridized carbons (Fsp3) is 0.308. The van der Waals surface area contributed by atoms with E-state index in [1.807, 2.05) is 0 Å². The molecule has 6 heteroatoms. The normalized spacial score (nSPS) is 10.5. The van der Waals surface area contributed by atoms with Gasteiger partial charge in [-0.25, -0.2) is 9.18 Å². The standard InChI is InChI=1S/C13H14FN3O2/c1-3-19-13(18)12-16-15-9(2)17(12)8-10-6-4-5-7-11(10)14/h4-7H,3,8H2,1-2H3. The number of carbonyl (C=O) groups is 1. The van der Waals surface area contributed by atoms with Gasteiger partial charge in [-0.05, 0) is 19.9 Å². The Balaban J connectivity index is 2.32. The average molecular weight is 263 g/mol. The van der Waals surface area contributed by atoms with E-state index in [1.54, 1.807) is 32.0 Å². The maximum Gasteiger partial charge on any atom is 0.376 e. The SMILES string of the molecule is CCOC(=O)c1nnc(C)n1Cc1ccccc1F. The Morgan fingerprint density at radius 3 is 2.79 bits per heavy atom. The van der Waals surface area contributed by atoms with Crippen LogP contribution in [-0.4, -0.2) is 27.3 Å². The number of benzene rings is 1. The summed E-state index contributed by atoms with van der Waals surface area (Å²) in [5.41, 5.74) is 0.468. The first-order valence-corrected chi connectivity index (χ1v) is 5.93. The van der Waals surface area contributed by atoms with Crippen molar-refractivity contribution in [2.45, 2.75) is 20.4 Å². The van der Waals surface area contributed by atoms with Crippen molar-refractivity contribution >= 4 is 5.97 Å². The van der Waals surface area contributed by atoms with Gasteiger partial charge >= 0.3 is 5.97 Å². The zero-order valence-corrected chi connectivity index (χ0v) is 10.8. The molecule has 19 heavy (non-hydrogen) atoms. The number of esters is 1. The van der Waals surface area contributed by atoms with Crippen LogP contribution in [-0.2, 0) is 11.3 Å². The molecule has 0 aliphatic rings. The number of carbonyl (C=O) groups excluding carboxylic acids is 1. The van der Waals surface area contributed by atoms with Crippen LogP contribution in [0.25, 0.3) is 0 Å². The van der Waals surface area contributed by atoms with Gasteiger partial charge in [0.25, 0.3) is 0 Å². The van der Waals surface area contributed by atoms with E-state index in [9.17, 15) is 9.18 Å². The van der Waals surface area contributed by atoms with Gasteiger partial charge in [-0.1, -0.05) is 18.2 Å². The molecule has 0 radical (unpaired) electrons. The minimum absolute atomic E-state index is 0.0857. The topological polar surface area (TPSA) is 57.0 Å². The highest BCUT2D eigenvalue weighted by molar-refractivity contribution is 5.85. The van der Waals surface area contributed by atoms with Gasteiger partial charge in [0.1, 0.15) is 11.6 Å². The molecule has 0 fully saturated rings. The van der Waals surface area contributed by atoms with Crippen LogP contribution < -0.4 is 0 Å². The molecule has 0 bridgehead atoms. The third-order valence-electron chi connectivity index (χ3n) is 2.68. The van der Waals surface area contributed by atoms with Crippen molar-refractivity contribution in [2.24, 2.45) is 0 Å². The Hall–Kier alpha value is -2.24. The fourth-order valence-electron chi connectivity index (χ4n) is 1.71. The molecule has 0 atom stereocenters. The van der Waals surface area contributed by atoms with E-state index in [2.05, 4.69) is 10.2 Å². The van der Waals surface area contributed by atoms with E-state index < -0.39 is 5.97 Å². The molecule has 5 nitrogen and oxygen atoms in total. The largest absolute Gasteiger partial charge is 0.460 e. The highest BCUT2D eigenvalue weighted by atomic mass is 19.1. The molecule has 0 amide bonds. The molecule has 0 unspecified atom stereocenters. The monoisotopic (exact) mass is 263 g/mol. The minimum Gasteiger partial charge on any atom is -0.460 e. The third-order valence-corrected chi connectivity index (χ3v) is 2.68. The van der Waals surface area contributed by atoms with Crippen molar-refractivity contribution in [3.05, 3.63) is 47.3 Å². The Bertz CT molecular complexity index is 595. The first-order chi connectivity index (χ1) is 9.13. The van der Waals surface area contributed by atoms with Crippen LogP contribution in [0.5, 0.6) is 0 Å². The second-order valence-electron chi connectivity index (χ2n) is 3.97. The Morgan fingerprint density at radius 2 is 2.11 bits per heavy atom. The molecule has 1 heterocycles. The van der Waals surface area contributed by atoms with E-state index >= 15 is 0 Å². The van der Waals surface area contributed by atoms with Crippen LogP contribution in [0.3, 0.4) is 0 Å². The third kappa shape index (κ3) is 2.78. The number of hydrogen-bond donors (Lipinski definition) is 0. The summed E-state index contributed by atoms with van der Waals surface area (Å²) in [5.74, 6) is -0.265. The van der Waals surface area contributed by atoms with Crippen LogP contribution in [0.2, 0.25) is 0 Å². The van der Waals surface area contributed by atoms with Gasteiger partial charge in [0.2, 0.25) is 5.82 Å². The lowest BCUT2D eigenvalue weighted by atomic mass is 10.2. The number of aromatic nitrogens is 3. The summed E-state index contributed by atoms with van der Waals surface area (Å²) < 4.78 is 20.1. The van der Waals surface area contributed by atoms with Crippen LogP contribution in [0.4, 0.5) is 4.39 Å². The minimum atomic E-state index is -0.556.